The highest BCUT2D eigenvalue weighted by Gasteiger charge is 2.43. The molecule has 19 heavy (non-hydrogen) atoms. The molecule has 1 aliphatic heterocycles. The molecule has 1 saturated heterocycles. The molecule has 1 N–H and O–H groups in total. The van der Waals surface area contributed by atoms with Crippen molar-refractivity contribution >= 4 is 23.5 Å². The van der Waals surface area contributed by atoms with Crippen molar-refractivity contribution in [2.24, 2.45) is 0 Å². The number of carbonyl (C=O) groups is 2. The van der Waals surface area contributed by atoms with Gasteiger partial charge in [-0.15, -0.1) is 0 Å². The van der Waals surface area contributed by atoms with Gasteiger partial charge in [-0.05, 0) is 32.0 Å². The first-order chi connectivity index (χ1) is 8.90. The minimum Gasteiger partial charge on any atom is -0.492 e. The molecule has 0 aliphatic carbocycles. The molecule has 0 unspecified atom stereocenters. The van der Waals surface area contributed by atoms with Crippen LogP contribution in [0.3, 0.4) is 0 Å². The highest BCUT2D eigenvalue weighted by atomic mass is 35.5. The van der Waals surface area contributed by atoms with Gasteiger partial charge < -0.3 is 10.1 Å². The van der Waals surface area contributed by atoms with Crippen LogP contribution in [0.15, 0.2) is 24.3 Å². The predicted molar refractivity (Wildman–Crippen MR) is 71.3 cm³/mol. The summed E-state index contributed by atoms with van der Waals surface area (Å²) in [6.45, 7) is 3.78. The molecule has 5 nitrogen and oxygen atoms in total. The molecular weight excluding hydrogens is 268 g/mol. The van der Waals surface area contributed by atoms with Crippen LogP contribution in [0.4, 0.5) is 4.79 Å². The predicted octanol–water partition coefficient (Wildman–Crippen LogP) is 2.05. The number of nitrogens with one attached hydrogen (secondary N) is 1. The minimum atomic E-state index is -0.840. The topological polar surface area (TPSA) is 58.6 Å². The fourth-order valence-electron chi connectivity index (χ4n) is 1.83. The van der Waals surface area contributed by atoms with E-state index in [1.54, 1.807) is 38.1 Å². The van der Waals surface area contributed by atoms with Gasteiger partial charge in [0.1, 0.15) is 17.9 Å². The zero-order valence-corrected chi connectivity index (χ0v) is 11.5. The lowest BCUT2D eigenvalue weighted by Crippen LogP contribution is -2.40. The van der Waals surface area contributed by atoms with Crippen LogP contribution in [0.1, 0.15) is 13.8 Å². The van der Waals surface area contributed by atoms with Crippen LogP contribution in [0.2, 0.25) is 5.02 Å². The maximum atomic E-state index is 11.9. The average Bonchev–Trinajstić information content (AvgIpc) is 2.51. The van der Waals surface area contributed by atoms with E-state index >= 15 is 0 Å². The minimum absolute atomic E-state index is 0.209. The molecule has 3 amide bonds. The van der Waals surface area contributed by atoms with Gasteiger partial charge in [0.15, 0.2) is 0 Å². The van der Waals surface area contributed by atoms with Gasteiger partial charge in [0.25, 0.3) is 5.91 Å². The van der Waals surface area contributed by atoms with Crippen molar-refractivity contribution in [3.8, 4) is 5.75 Å². The molecule has 1 aromatic carbocycles. The first kappa shape index (κ1) is 13.7. The van der Waals surface area contributed by atoms with E-state index in [0.29, 0.717) is 10.8 Å². The highest BCUT2D eigenvalue weighted by molar-refractivity contribution is 6.30. The molecule has 102 valence electrons. The molecule has 1 aromatic rings. The van der Waals surface area contributed by atoms with E-state index in [0.717, 1.165) is 4.90 Å². The lowest BCUT2D eigenvalue weighted by atomic mass is 10.1. The number of carbonyl (C=O) groups excluding carboxylic acids is 2. The molecule has 2 rings (SSSR count). The van der Waals surface area contributed by atoms with Gasteiger partial charge in [-0.2, -0.15) is 0 Å². The summed E-state index contributed by atoms with van der Waals surface area (Å²) < 4.78 is 5.46. The van der Waals surface area contributed by atoms with Crippen LogP contribution >= 0.6 is 11.6 Å². The number of amides is 3. The first-order valence-electron chi connectivity index (χ1n) is 5.92. The summed E-state index contributed by atoms with van der Waals surface area (Å²) in [5.41, 5.74) is -0.840. The number of halogens is 1. The summed E-state index contributed by atoms with van der Waals surface area (Å²) >= 11 is 5.83. The summed E-state index contributed by atoms with van der Waals surface area (Å²) in [6, 6.07) is 6.58. The number of urea groups is 1. The third kappa shape index (κ3) is 2.98. The van der Waals surface area contributed by atoms with Gasteiger partial charge in [0, 0.05) is 5.02 Å². The number of rotatable bonds is 4. The third-order valence-electron chi connectivity index (χ3n) is 2.82. The third-order valence-corrected chi connectivity index (χ3v) is 3.06. The van der Waals surface area contributed by atoms with Gasteiger partial charge >= 0.3 is 6.03 Å². The largest absolute Gasteiger partial charge is 0.492 e. The Balaban J connectivity index is 1.90. The molecule has 0 aromatic heterocycles. The second-order valence-electron chi connectivity index (χ2n) is 4.82. The van der Waals surface area contributed by atoms with Crippen LogP contribution in [-0.2, 0) is 4.79 Å². The normalized spacial score (nSPS) is 17.5. The molecule has 1 fully saturated rings. The van der Waals surface area contributed by atoms with Crippen LogP contribution in [0, 0.1) is 0 Å². The maximum Gasteiger partial charge on any atom is 0.325 e. The van der Waals surface area contributed by atoms with Gasteiger partial charge in [0.2, 0.25) is 0 Å². The van der Waals surface area contributed by atoms with E-state index in [9.17, 15) is 9.59 Å². The smallest absolute Gasteiger partial charge is 0.325 e. The summed E-state index contributed by atoms with van der Waals surface area (Å²) in [5.74, 6) is 0.367. The Morgan fingerprint density at radius 1 is 1.37 bits per heavy atom. The second kappa shape index (κ2) is 5.09. The van der Waals surface area contributed by atoms with Gasteiger partial charge in [-0.3, -0.25) is 9.69 Å². The fourth-order valence-corrected chi connectivity index (χ4v) is 2.01. The number of nitrogens with zero attached hydrogens (tertiary/aromatic N) is 1. The van der Waals surface area contributed by atoms with Crippen molar-refractivity contribution in [3.05, 3.63) is 29.3 Å². The zero-order chi connectivity index (χ0) is 14.0. The molecular formula is C13H15ClN2O3. The quantitative estimate of drug-likeness (QED) is 0.860. The van der Waals surface area contributed by atoms with Crippen LogP contribution < -0.4 is 10.1 Å². The second-order valence-corrected chi connectivity index (χ2v) is 5.25. The van der Waals surface area contributed by atoms with Crippen LogP contribution in [-0.4, -0.2) is 35.5 Å². The van der Waals surface area contributed by atoms with Crippen molar-refractivity contribution in [1.82, 2.24) is 10.2 Å². The lowest BCUT2D eigenvalue weighted by Gasteiger charge is -2.16. The zero-order valence-electron chi connectivity index (χ0n) is 10.8. The number of ether oxygens (including phenoxy) is 1. The van der Waals surface area contributed by atoms with Crippen molar-refractivity contribution < 1.29 is 14.3 Å². The standard InChI is InChI=1S/C13H15ClN2O3/c1-13(2)11(17)16(12(18)15-13)6-7-19-10-5-3-4-9(14)8-10/h3-5,8H,6-7H2,1-2H3,(H,15,18). The van der Waals surface area contributed by atoms with Crippen molar-refractivity contribution in [2.45, 2.75) is 19.4 Å². The molecule has 0 bridgehead atoms. The summed E-state index contributed by atoms with van der Waals surface area (Å²) in [4.78, 5) is 24.7. The van der Waals surface area contributed by atoms with Crippen molar-refractivity contribution in [2.75, 3.05) is 13.2 Å². The van der Waals surface area contributed by atoms with E-state index in [4.69, 9.17) is 16.3 Å². The Hall–Kier alpha value is -1.75. The lowest BCUT2D eigenvalue weighted by molar-refractivity contribution is -0.130. The SMILES string of the molecule is CC1(C)NC(=O)N(CCOc2cccc(Cl)c2)C1=O. The van der Waals surface area contributed by atoms with Gasteiger partial charge in [-0.25, -0.2) is 4.79 Å². The van der Waals surface area contributed by atoms with E-state index in [2.05, 4.69) is 5.32 Å². The van der Waals surface area contributed by atoms with Crippen LogP contribution in [0.25, 0.3) is 0 Å². The maximum absolute atomic E-state index is 11.9. The molecule has 1 heterocycles. The van der Waals surface area contributed by atoms with Crippen molar-refractivity contribution in [3.63, 3.8) is 0 Å². The first-order valence-corrected chi connectivity index (χ1v) is 6.30. The fraction of sp³-hybridized carbons (Fsp3) is 0.385. The Bertz CT molecular complexity index is 516. The monoisotopic (exact) mass is 282 g/mol. The van der Waals surface area contributed by atoms with E-state index < -0.39 is 5.54 Å². The Kier molecular flexibility index (Phi) is 3.66. The van der Waals surface area contributed by atoms with Gasteiger partial charge in [-0.1, -0.05) is 17.7 Å². The summed E-state index contributed by atoms with van der Waals surface area (Å²) in [6.07, 6.45) is 0. The number of hydrogen-bond acceptors (Lipinski definition) is 3. The Morgan fingerprint density at radius 2 is 2.11 bits per heavy atom. The Labute approximate surface area is 116 Å². The van der Waals surface area contributed by atoms with Gasteiger partial charge in [0.05, 0.1) is 6.54 Å². The van der Waals surface area contributed by atoms with E-state index in [1.807, 2.05) is 0 Å². The van der Waals surface area contributed by atoms with Crippen molar-refractivity contribution in [1.29, 1.82) is 0 Å². The number of benzene rings is 1. The number of hydrogen-bond donors (Lipinski definition) is 1. The molecule has 0 atom stereocenters. The number of imide groups is 1. The average molecular weight is 283 g/mol. The molecule has 1 aliphatic rings. The Morgan fingerprint density at radius 3 is 2.68 bits per heavy atom. The summed E-state index contributed by atoms with van der Waals surface area (Å²) in [5, 5.41) is 3.19. The molecule has 0 saturated carbocycles. The van der Waals surface area contributed by atoms with E-state index in [1.165, 1.54) is 0 Å². The molecule has 0 radical (unpaired) electrons. The highest BCUT2D eigenvalue weighted by Crippen LogP contribution is 2.18. The van der Waals surface area contributed by atoms with Crippen LogP contribution in [0.5, 0.6) is 5.75 Å². The summed E-state index contributed by atoms with van der Waals surface area (Å²) in [7, 11) is 0. The van der Waals surface area contributed by atoms with E-state index in [-0.39, 0.29) is 25.1 Å². The molecule has 0 spiro atoms. The molecule has 6 heteroatoms.